The summed E-state index contributed by atoms with van der Waals surface area (Å²) in [6.45, 7) is 9.24. The summed E-state index contributed by atoms with van der Waals surface area (Å²) in [4.78, 5) is 15.6. The van der Waals surface area contributed by atoms with Gasteiger partial charge in [0.1, 0.15) is 4.83 Å². The lowest BCUT2D eigenvalue weighted by molar-refractivity contribution is 0.218. The van der Waals surface area contributed by atoms with Crippen molar-refractivity contribution < 1.29 is 0 Å². The molecule has 1 atom stereocenters. The normalized spacial score (nSPS) is 17.3. The fourth-order valence-corrected chi connectivity index (χ4v) is 6.80. The minimum absolute atomic E-state index is 0.0751. The average Bonchev–Trinajstić information content (AvgIpc) is 3.26. The summed E-state index contributed by atoms with van der Waals surface area (Å²) in [6.07, 6.45) is 8.21. The first-order valence-electron chi connectivity index (χ1n) is 10.8. The molecule has 3 aromatic heterocycles. The Kier molecular flexibility index (Phi) is 5.81. The van der Waals surface area contributed by atoms with Crippen LogP contribution in [0.3, 0.4) is 0 Å². The summed E-state index contributed by atoms with van der Waals surface area (Å²) in [6, 6.07) is 0. The summed E-state index contributed by atoms with van der Waals surface area (Å²) in [5.41, 5.74) is 1.65. The SMILES string of the molecule is CCCCCCSc1nnc2n(C)c(=O)c3c4c(sc3n12)C[C@@H](C(C)(C)C)CC4. The van der Waals surface area contributed by atoms with Crippen LogP contribution >= 0.6 is 23.1 Å². The maximum atomic E-state index is 13.2. The summed E-state index contributed by atoms with van der Waals surface area (Å²) < 4.78 is 3.82. The van der Waals surface area contributed by atoms with Crippen LogP contribution in [0.1, 0.15) is 70.2 Å². The fraction of sp³-hybridized carbons (Fsp3) is 0.682. The Morgan fingerprint density at radius 1 is 1.21 bits per heavy atom. The molecule has 0 N–H and O–H groups in total. The topological polar surface area (TPSA) is 52.2 Å². The quantitative estimate of drug-likeness (QED) is 0.383. The molecule has 7 heteroatoms. The molecule has 0 aromatic carbocycles. The predicted octanol–water partition coefficient (Wildman–Crippen LogP) is 5.47. The largest absolute Gasteiger partial charge is 0.279 e. The zero-order valence-electron chi connectivity index (χ0n) is 18.2. The van der Waals surface area contributed by atoms with E-state index in [2.05, 4.69) is 42.3 Å². The van der Waals surface area contributed by atoms with Gasteiger partial charge in [-0.25, -0.2) is 4.40 Å². The van der Waals surface area contributed by atoms with Gasteiger partial charge in [0.05, 0.1) is 5.39 Å². The molecular formula is C22H32N4OS2. The molecule has 158 valence electrons. The van der Waals surface area contributed by atoms with Crippen LogP contribution in [0.2, 0.25) is 0 Å². The lowest BCUT2D eigenvalue weighted by atomic mass is 9.72. The highest BCUT2D eigenvalue weighted by Gasteiger charge is 2.32. The number of hydrogen-bond acceptors (Lipinski definition) is 5. The van der Waals surface area contributed by atoms with Gasteiger partial charge in [-0.1, -0.05) is 58.7 Å². The maximum absolute atomic E-state index is 13.2. The third-order valence-electron chi connectivity index (χ3n) is 6.34. The van der Waals surface area contributed by atoms with E-state index >= 15 is 0 Å². The standard InChI is InChI=1S/C22H32N4OS2/c1-6-7-8-9-12-28-21-24-23-20-25(5)18(27)17-15-11-10-14(22(2,3)4)13-16(15)29-19(17)26(20)21/h14H,6-13H2,1-5H3/t14-/m0/s1. The van der Waals surface area contributed by atoms with Crippen molar-refractivity contribution in [2.75, 3.05) is 5.75 Å². The van der Waals surface area contributed by atoms with Crippen LogP contribution in [-0.2, 0) is 19.9 Å². The zero-order valence-corrected chi connectivity index (χ0v) is 19.9. The van der Waals surface area contributed by atoms with Crippen molar-refractivity contribution in [3.63, 3.8) is 0 Å². The van der Waals surface area contributed by atoms with Crippen LogP contribution in [0.4, 0.5) is 0 Å². The van der Waals surface area contributed by atoms with Crippen LogP contribution < -0.4 is 5.56 Å². The van der Waals surface area contributed by atoms with Gasteiger partial charge >= 0.3 is 0 Å². The lowest BCUT2D eigenvalue weighted by Gasteiger charge is -2.33. The van der Waals surface area contributed by atoms with Gasteiger partial charge in [0.15, 0.2) is 5.16 Å². The Bertz CT molecular complexity index is 1090. The van der Waals surface area contributed by atoms with Gasteiger partial charge < -0.3 is 0 Å². The van der Waals surface area contributed by atoms with Gasteiger partial charge in [-0.2, -0.15) is 0 Å². The summed E-state index contributed by atoms with van der Waals surface area (Å²) >= 11 is 3.56. The Balaban J connectivity index is 1.77. The number of nitrogens with zero attached hydrogens (tertiary/aromatic N) is 4. The Morgan fingerprint density at radius 3 is 2.72 bits per heavy atom. The second kappa shape index (κ2) is 8.06. The monoisotopic (exact) mass is 432 g/mol. The molecule has 0 unspecified atom stereocenters. The molecule has 0 spiro atoms. The van der Waals surface area contributed by atoms with Crippen molar-refractivity contribution in [3.05, 3.63) is 20.8 Å². The first-order chi connectivity index (χ1) is 13.8. The van der Waals surface area contributed by atoms with E-state index in [-0.39, 0.29) is 5.56 Å². The average molecular weight is 433 g/mol. The van der Waals surface area contributed by atoms with E-state index in [0.29, 0.717) is 17.1 Å². The predicted molar refractivity (Wildman–Crippen MR) is 123 cm³/mol. The van der Waals surface area contributed by atoms with Crippen molar-refractivity contribution in [1.29, 1.82) is 0 Å². The number of rotatable bonds is 6. The van der Waals surface area contributed by atoms with E-state index in [1.165, 1.54) is 36.1 Å². The van der Waals surface area contributed by atoms with Crippen molar-refractivity contribution in [1.82, 2.24) is 19.2 Å². The van der Waals surface area contributed by atoms with E-state index < -0.39 is 0 Å². The highest BCUT2D eigenvalue weighted by Crippen LogP contribution is 2.43. The minimum Gasteiger partial charge on any atom is -0.279 e. The van der Waals surface area contributed by atoms with E-state index in [0.717, 1.165) is 40.4 Å². The van der Waals surface area contributed by atoms with E-state index in [1.807, 2.05) is 7.05 Å². The smallest absolute Gasteiger partial charge is 0.263 e. The van der Waals surface area contributed by atoms with Crippen molar-refractivity contribution in [2.45, 2.75) is 77.8 Å². The molecule has 0 fully saturated rings. The van der Waals surface area contributed by atoms with Crippen LogP contribution in [0.25, 0.3) is 16.0 Å². The number of aryl methyl sites for hydroxylation is 2. The van der Waals surface area contributed by atoms with E-state index in [9.17, 15) is 4.79 Å². The third kappa shape index (κ3) is 3.76. The zero-order chi connectivity index (χ0) is 20.8. The number of unbranched alkanes of at least 4 members (excludes halogenated alkanes) is 3. The van der Waals surface area contributed by atoms with E-state index in [1.54, 1.807) is 27.7 Å². The number of thiophene rings is 1. The molecule has 0 amide bonds. The summed E-state index contributed by atoms with van der Waals surface area (Å²) in [5, 5.41) is 10.6. The molecular weight excluding hydrogens is 400 g/mol. The van der Waals surface area contributed by atoms with Crippen LogP contribution in [0.15, 0.2) is 9.95 Å². The second-order valence-corrected chi connectivity index (χ2v) is 11.5. The molecule has 0 saturated carbocycles. The third-order valence-corrected chi connectivity index (χ3v) is 8.59. The number of hydrogen-bond donors (Lipinski definition) is 0. The molecule has 0 radical (unpaired) electrons. The molecule has 29 heavy (non-hydrogen) atoms. The molecule has 5 nitrogen and oxygen atoms in total. The van der Waals surface area contributed by atoms with Crippen LogP contribution in [0.5, 0.6) is 0 Å². The fourth-order valence-electron chi connectivity index (χ4n) is 4.39. The highest BCUT2D eigenvalue weighted by molar-refractivity contribution is 7.99. The van der Waals surface area contributed by atoms with Gasteiger partial charge in [0.25, 0.3) is 5.56 Å². The van der Waals surface area contributed by atoms with Crippen LogP contribution in [0, 0.1) is 11.3 Å². The molecule has 0 aliphatic heterocycles. The van der Waals surface area contributed by atoms with Gasteiger partial charge in [-0.05, 0) is 42.6 Å². The molecule has 3 heterocycles. The number of aromatic nitrogens is 4. The molecule has 1 aliphatic rings. The Labute approximate surface area is 180 Å². The number of fused-ring (bicyclic) bond motifs is 5. The van der Waals surface area contributed by atoms with Gasteiger partial charge in [0.2, 0.25) is 5.78 Å². The maximum Gasteiger partial charge on any atom is 0.263 e. The molecule has 0 saturated heterocycles. The van der Waals surface area contributed by atoms with Crippen LogP contribution in [-0.4, -0.2) is 24.9 Å². The van der Waals surface area contributed by atoms with Crippen molar-refractivity contribution in [2.24, 2.45) is 18.4 Å². The number of thioether (sulfide) groups is 1. The second-order valence-electron chi connectivity index (χ2n) is 9.38. The van der Waals surface area contributed by atoms with Crippen molar-refractivity contribution >= 4 is 39.1 Å². The van der Waals surface area contributed by atoms with Gasteiger partial charge in [-0.3, -0.25) is 9.36 Å². The van der Waals surface area contributed by atoms with Crippen molar-refractivity contribution in [3.8, 4) is 0 Å². The summed E-state index contributed by atoms with van der Waals surface area (Å²) in [7, 11) is 1.83. The molecule has 0 bridgehead atoms. The van der Waals surface area contributed by atoms with E-state index in [4.69, 9.17) is 0 Å². The summed E-state index contributed by atoms with van der Waals surface area (Å²) in [5.74, 6) is 2.36. The highest BCUT2D eigenvalue weighted by atomic mass is 32.2. The minimum atomic E-state index is 0.0751. The van der Waals surface area contributed by atoms with Gasteiger partial charge in [0, 0.05) is 17.7 Å². The molecule has 3 aromatic rings. The lowest BCUT2D eigenvalue weighted by Crippen LogP contribution is -2.27. The first-order valence-corrected chi connectivity index (χ1v) is 12.6. The molecule has 1 aliphatic carbocycles. The van der Waals surface area contributed by atoms with Gasteiger partial charge in [-0.15, -0.1) is 21.5 Å². The Hall–Kier alpha value is -1.34. The Morgan fingerprint density at radius 2 is 2.00 bits per heavy atom. The first kappa shape index (κ1) is 20.9. The molecule has 4 rings (SSSR count).